The molecule has 2 aromatic heterocycles. The van der Waals surface area contributed by atoms with Crippen LogP contribution < -0.4 is 10.1 Å². The summed E-state index contributed by atoms with van der Waals surface area (Å²) in [7, 11) is 0. The molecule has 1 amide bonds. The van der Waals surface area contributed by atoms with Crippen LogP contribution in [0.25, 0.3) is 11.0 Å². The summed E-state index contributed by atoms with van der Waals surface area (Å²) in [4.78, 5) is 21.9. The molecule has 1 saturated carbocycles. The van der Waals surface area contributed by atoms with E-state index in [-0.39, 0.29) is 29.0 Å². The number of rotatable bonds is 7. The number of aromatic nitrogens is 3. The van der Waals surface area contributed by atoms with Gasteiger partial charge >= 0.3 is 6.18 Å². The quantitative estimate of drug-likeness (QED) is 0.592. The first kappa shape index (κ1) is 20.6. The van der Waals surface area contributed by atoms with Crippen LogP contribution in [0.1, 0.15) is 42.9 Å². The molecule has 10 heteroatoms. The van der Waals surface area contributed by atoms with Crippen molar-refractivity contribution in [2.75, 3.05) is 6.61 Å². The molecule has 1 unspecified atom stereocenters. The number of fused-ring (bicyclic) bond motifs is 1. The first-order valence-corrected chi connectivity index (χ1v) is 10.5. The van der Waals surface area contributed by atoms with Gasteiger partial charge in [-0.3, -0.25) is 4.79 Å². The van der Waals surface area contributed by atoms with E-state index in [0.717, 1.165) is 41.2 Å². The second kappa shape index (κ2) is 7.90. The maximum atomic E-state index is 12.7. The van der Waals surface area contributed by atoms with Gasteiger partial charge in [-0.05, 0) is 32.4 Å². The lowest BCUT2D eigenvalue weighted by molar-refractivity contribution is -0.153. The number of benzene rings is 1. The van der Waals surface area contributed by atoms with Crippen LogP contribution in [0.5, 0.6) is 5.19 Å². The van der Waals surface area contributed by atoms with Crippen LogP contribution in [0.15, 0.2) is 30.5 Å². The molecule has 3 aromatic rings. The average Bonchev–Trinajstić information content (AvgIpc) is 3.19. The number of para-hydroxylation sites is 2. The minimum Gasteiger partial charge on any atom is -0.460 e. The number of thiazole rings is 1. The van der Waals surface area contributed by atoms with Crippen molar-refractivity contribution in [1.29, 1.82) is 0 Å². The van der Waals surface area contributed by atoms with Crippen LogP contribution in [0, 0.1) is 5.92 Å². The molecule has 1 aromatic carbocycles. The molecule has 0 spiro atoms. The Kier molecular flexibility index (Phi) is 5.44. The number of carbonyl (C=O) groups is 1. The molecule has 1 N–H and O–H groups in total. The summed E-state index contributed by atoms with van der Waals surface area (Å²) in [5.41, 5.74) is 1.98. The Morgan fingerprint density at radius 2 is 2.17 bits per heavy atom. The highest BCUT2D eigenvalue weighted by Gasteiger charge is 2.47. The number of hydrogen-bond donors (Lipinski definition) is 1. The fourth-order valence-corrected chi connectivity index (χ4v) is 4.32. The summed E-state index contributed by atoms with van der Waals surface area (Å²) < 4.78 is 43.6. The molecule has 3 atom stereocenters. The van der Waals surface area contributed by atoms with E-state index < -0.39 is 12.8 Å². The van der Waals surface area contributed by atoms with Gasteiger partial charge in [-0.2, -0.15) is 13.2 Å². The van der Waals surface area contributed by atoms with Gasteiger partial charge in [0.15, 0.2) is 6.61 Å². The SMILES string of the molecule is CCn1c([C@@H]2C[C@H]2C(=O)NC(C)c2cnc(OCC(F)(F)F)s2)nc2ccccc21. The van der Waals surface area contributed by atoms with Crippen LogP contribution in [-0.2, 0) is 11.3 Å². The molecule has 2 heterocycles. The number of nitrogens with zero attached hydrogens (tertiary/aromatic N) is 3. The Morgan fingerprint density at radius 3 is 2.90 bits per heavy atom. The lowest BCUT2D eigenvalue weighted by atomic mass is 10.2. The second-order valence-electron chi connectivity index (χ2n) is 7.31. The van der Waals surface area contributed by atoms with Gasteiger partial charge in [0.2, 0.25) is 5.91 Å². The number of ether oxygens (including phenoxy) is 1. The van der Waals surface area contributed by atoms with Crippen molar-refractivity contribution >= 4 is 28.3 Å². The molecule has 160 valence electrons. The molecule has 0 bridgehead atoms. The maximum Gasteiger partial charge on any atom is 0.422 e. The van der Waals surface area contributed by atoms with Gasteiger partial charge in [0.1, 0.15) is 5.82 Å². The van der Waals surface area contributed by atoms with Crippen LogP contribution in [-0.4, -0.2) is 33.2 Å². The molecule has 4 rings (SSSR count). The number of hydrogen-bond acceptors (Lipinski definition) is 5. The summed E-state index contributed by atoms with van der Waals surface area (Å²) in [6.07, 6.45) is -2.26. The minimum atomic E-state index is -4.42. The van der Waals surface area contributed by atoms with Gasteiger partial charge in [-0.1, -0.05) is 23.5 Å². The van der Waals surface area contributed by atoms with Crippen molar-refractivity contribution in [3.63, 3.8) is 0 Å². The Balaban J connectivity index is 1.38. The second-order valence-corrected chi connectivity index (χ2v) is 8.34. The predicted octanol–water partition coefficient (Wildman–Crippen LogP) is 4.43. The lowest BCUT2D eigenvalue weighted by Crippen LogP contribution is -2.28. The Morgan fingerprint density at radius 1 is 1.40 bits per heavy atom. The van der Waals surface area contributed by atoms with Crippen molar-refractivity contribution in [1.82, 2.24) is 19.9 Å². The van der Waals surface area contributed by atoms with Crippen LogP contribution in [0.2, 0.25) is 0 Å². The summed E-state index contributed by atoms with van der Waals surface area (Å²) >= 11 is 0.997. The summed E-state index contributed by atoms with van der Waals surface area (Å²) in [5, 5.41) is 2.87. The van der Waals surface area contributed by atoms with E-state index in [9.17, 15) is 18.0 Å². The first-order valence-electron chi connectivity index (χ1n) is 9.67. The van der Waals surface area contributed by atoms with Gasteiger partial charge in [-0.15, -0.1) is 0 Å². The number of carbonyl (C=O) groups excluding carboxylic acids is 1. The molecule has 0 saturated heterocycles. The van der Waals surface area contributed by atoms with E-state index in [0.29, 0.717) is 4.88 Å². The standard InChI is InChI=1S/C20H21F3N4O2S/c1-3-27-15-7-5-4-6-14(15)26-17(27)12-8-13(12)18(28)25-11(2)16-9-24-19(30-16)29-10-20(21,22)23/h4-7,9,11-13H,3,8,10H2,1-2H3,(H,25,28)/t11?,12-,13-/m1/s1. The van der Waals surface area contributed by atoms with Gasteiger partial charge in [0, 0.05) is 24.6 Å². The zero-order valence-corrected chi connectivity index (χ0v) is 17.3. The smallest absolute Gasteiger partial charge is 0.422 e. The number of alkyl halides is 3. The molecule has 1 fully saturated rings. The molecule has 1 aliphatic rings. The predicted molar refractivity (Wildman–Crippen MR) is 106 cm³/mol. The number of nitrogens with one attached hydrogen (secondary N) is 1. The number of amides is 1. The summed E-state index contributed by atoms with van der Waals surface area (Å²) in [5.74, 6) is 0.737. The van der Waals surface area contributed by atoms with Crippen LogP contribution >= 0.6 is 11.3 Å². The number of imidazole rings is 1. The largest absolute Gasteiger partial charge is 0.460 e. The van der Waals surface area contributed by atoms with Gasteiger partial charge < -0.3 is 14.6 Å². The van der Waals surface area contributed by atoms with Crippen molar-refractivity contribution in [2.45, 2.75) is 44.9 Å². The molecule has 0 aliphatic heterocycles. The highest BCUT2D eigenvalue weighted by atomic mass is 32.1. The Labute approximate surface area is 175 Å². The van der Waals surface area contributed by atoms with E-state index in [2.05, 4.69) is 26.5 Å². The third kappa shape index (κ3) is 4.28. The minimum absolute atomic E-state index is 0.0654. The first-order chi connectivity index (χ1) is 14.3. The Hall–Kier alpha value is -2.62. The van der Waals surface area contributed by atoms with Crippen LogP contribution in [0.4, 0.5) is 13.2 Å². The normalized spacial score (nSPS) is 19.6. The van der Waals surface area contributed by atoms with Gasteiger partial charge in [0.25, 0.3) is 5.19 Å². The third-order valence-corrected chi connectivity index (χ3v) is 6.20. The zero-order chi connectivity index (χ0) is 21.5. The van der Waals surface area contributed by atoms with E-state index >= 15 is 0 Å². The third-order valence-electron chi connectivity index (χ3n) is 5.11. The summed E-state index contributed by atoms with van der Waals surface area (Å²) in [6.45, 7) is 3.22. The molecular formula is C20H21F3N4O2S. The zero-order valence-electron chi connectivity index (χ0n) is 16.4. The lowest BCUT2D eigenvalue weighted by Gasteiger charge is -2.12. The van der Waals surface area contributed by atoms with Gasteiger partial charge in [0.05, 0.1) is 22.0 Å². The highest BCUT2D eigenvalue weighted by Crippen LogP contribution is 2.48. The highest BCUT2D eigenvalue weighted by molar-refractivity contribution is 7.13. The molecular weight excluding hydrogens is 417 g/mol. The van der Waals surface area contributed by atoms with Crippen molar-refractivity contribution < 1.29 is 22.7 Å². The van der Waals surface area contributed by atoms with Crippen molar-refractivity contribution in [3.8, 4) is 5.19 Å². The van der Waals surface area contributed by atoms with E-state index in [1.54, 1.807) is 6.92 Å². The fraction of sp³-hybridized carbons (Fsp3) is 0.450. The van der Waals surface area contributed by atoms with E-state index in [4.69, 9.17) is 4.98 Å². The molecule has 0 radical (unpaired) electrons. The number of aryl methyl sites for hydroxylation is 1. The molecule has 6 nitrogen and oxygen atoms in total. The van der Waals surface area contributed by atoms with Gasteiger partial charge in [-0.25, -0.2) is 9.97 Å². The number of halogens is 3. The molecule has 30 heavy (non-hydrogen) atoms. The van der Waals surface area contributed by atoms with Crippen LogP contribution in [0.3, 0.4) is 0 Å². The van der Waals surface area contributed by atoms with E-state index in [1.165, 1.54) is 6.20 Å². The monoisotopic (exact) mass is 438 g/mol. The molecule has 1 aliphatic carbocycles. The maximum absolute atomic E-state index is 12.7. The fourth-order valence-electron chi connectivity index (χ4n) is 3.55. The summed E-state index contributed by atoms with van der Waals surface area (Å²) in [6, 6.07) is 7.54. The average molecular weight is 438 g/mol. The Bertz CT molecular complexity index is 1060. The van der Waals surface area contributed by atoms with Crippen molar-refractivity contribution in [3.05, 3.63) is 41.2 Å². The topological polar surface area (TPSA) is 69.0 Å². The van der Waals surface area contributed by atoms with E-state index in [1.807, 2.05) is 24.3 Å². The van der Waals surface area contributed by atoms with Crippen molar-refractivity contribution in [2.24, 2.45) is 5.92 Å².